The summed E-state index contributed by atoms with van der Waals surface area (Å²) in [5.41, 5.74) is 1.24. The van der Waals surface area contributed by atoms with Crippen LogP contribution in [0.3, 0.4) is 0 Å². The molecule has 0 saturated heterocycles. The number of hydrogen-bond acceptors (Lipinski definition) is 4. The molecule has 3 rings (SSSR count). The fourth-order valence-corrected chi connectivity index (χ4v) is 3.55. The third kappa shape index (κ3) is 2.06. The minimum atomic E-state index is -0.353. The van der Waals surface area contributed by atoms with Crippen LogP contribution in [-0.2, 0) is 4.74 Å². The molecule has 2 unspecified atom stereocenters. The molecule has 0 aliphatic heterocycles. The SMILES string of the molecule is CCOC1CC(Nc2cccc([N+](=O)[O-])c2)C12CCC2. The van der Waals surface area contributed by atoms with Crippen LogP contribution in [0.25, 0.3) is 0 Å². The largest absolute Gasteiger partial charge is 0.381 e. The molecule has 2 fully saturated rings. The van der Waals surface area contributed by atoms with Gasteiger partial charge in [0, 0.05) is 35.9 Å². The number of nitrogens with one attached hydrogen (secondary N) is 1. The van der Waals surface area contributed by atoms with E-state index in [0.29, 0.717) is 12.1 Å². The smallest absolute Gasteiger partial charge is 0.271 e. The molecule has 0 radical (unpaired) electrons. The van der Waals surface area contributed by atoms with Gasteiger partial charge in [0.15, 0.2) is 0 Å². The molecular formula is C15H20N2O3. The summed E-state index contributed by atoms with van der Waals surface area (Å²) in [5.74, 6) is 0. The van der Waals surface area contributed by atoms with E-state index < -0.39 is 0 Å². The first kappa shape index (κ1) is 13.4. The monoisotopic (exact) mass is 276 g/mol. The van der Waals surface area contributed by atoms with Crippen molar-refractivity contribution in [1.29, 1.82) is 0 Å². The summed E-state index contributed by atoms with van der Waals surface area (Å²) in [4.78, 5) is 10.5. The zero-order valence-electron chi connectivity index (χ0n) is 11.7. The van der Waals surface area contributed by atoms with Crippen LogP contribution in [0.15, 0.2) is 24.3 Å². The number of benzene rings is 1. The molecule has 2 saturated carbocycles. The van der Waals surface area contributed by atoms with Crippen LogP contribution in [0.4, 0.5) is 11.4 Å². The van der Waals surface area contributed by atoms with Gasteiger partial charge in [0.25, 0.3) is 5.69 Å². The lowest BCUT2D eigenvalue weighted by atomic mass is 9.51. The fourth-order valence-electron chi connectivity index (χ4n) is 3.55. The minimum absolute atomic E-state index is 0.137. The van der Waals surface area contributed by atoms with Crippen molar-refractivity contribution < 1.29 is 9.66 Å². The quantitative estimate of drug-likeness (QED) is 0.661. The molecule has 0 amide bonds. The van der Waals surface area contributed by atoms with Gasteiger partial charge in [0.2, 0.25) is 0 Å². The first-order chi connectivity index (χ1) is 9.65. The topological polar surface area (TPSA) is 64.4 Å². The van der Waals surface area contributed by atoms with E-state index in [9.17, 15) is 10.1 Å². The lowest BCUT2D eigenvalue weighted by Crippen LogP contribution is -2.64. The number of nitrogens with zero attached hydrogens (tertiary/aromatic N) is 1. The molecule has 0 heterocycles. The van der Waals surface area contributed by atoms with E-state index in [4.69, 9.17) is 4.74 Å². The van der Waals surface area contributed by atoms with Gasteiger partial charge in [-0.15, -0.1) is 0 Å². The molecule has 2 aliphatic carbocycles. The third-order valence-electron chi connectivity index (χ3n) is 4.84. The molecular weight excluding hydrogens is 256 g/mol. The lowest BCUT2D eigenvalue weighted by molar-refractivity contribution is -0.384. The molecule has 2 atom stereocenters. The van der Waals surface area contributed by atoms with Gasteiger partial charge >= 0.3 is 0 Å². The average Bonchev–Trinajstić information content (AvgIpc) is 2.35. The summed E-state index contributed by atoms with van der Waals surface area (Å²) in [6.45, 7) is 2.80. The van der Waals surface area contributed by atoms with Crippen molar-refractivity contribution in [3.8, 4) is 0 Å². The first-order valence-corrected chi connectivity index (χ1v) is 7.28. The molecule has 1 aromatic rings. The van der Waals surface area contributed by atoms with Crippen molar-refractivity contribution in [1.82, 2.24) is 0 Å². The van der Waals surface area contributed by atoms with E-state index in [-0.39, 0.29) is 16.0 Å². The average molecular weight is 276 g/mol. The van der Waals surface area contributed by atoms with Gasteiger partial charge in [-0.1, -0.05) is 12.5 Å². The summed E-state index contributed by atoms with van der Waals surface area (Å²) >= 11 is 0. The third-order valence-corrected chi connectivity index (χ3v) is 4.84. The van der Waals surface area contributed by atoms with E-state index >= 15 is 0 Å². The van der Waals surface area contributed by atoms with Crippen molar-refractivity contribution in [3.05, 3.63) is 34.4 Å². The van der Waals surface area contributed by atoms with Gasteiger partial charge in [-0.25, -0.2) is 0 Å². The summed E-state index contributed by atoms with van der Waals surface area (Å²) in [5, 5.41) is 14.3. The van der Waals surface area contributed by atoms with Gasteiger partial charge in [-0.3, -0.25) is 10.1 Å². The molecule has 0 aromatic heterocycles. The molecule has 1 N–H and O–H groups in total. The maximum absolute atomic E-state index is 10.8. The Morgan fingerprint density at radius 3 is 2.90 bits per heavy atom. The summed E-state index contributed by atoms with van der Waals surface area (Å²) in [7, 11) is 0. The summed E-state index contributed by atoms with van der Waals surface area (Å²) < 4.78 is 5.82. The number of non-ortho nitro benzene ring substituents is 1. The van der Waals surface area contributed by atoms with Crippen LogP contribution in [0.5, 0.6) is 0 Å². The Morgan fingerprint density at radius 1 is 1.50 bits per heavy atom. The van der Waals surface area contributed by atoms with E-state index in [2.05, 4.69) is 5.32 Å². The Morgan fingerprint density at radius 2 is 2.30 bits per heavy atom. The molecule has 1 aromatic carbocycles. The predicted octanol–water partition coefficient (Wildman–Crippen LogP) is 3.35. The molecule has 5 nitrogen and oxygen atoms in total. The summed E-state index contributed by atoms with van der Waals surface area (Å²) in [6, 6.07) is 7.14. The lowest BCUT2D eigenvalue weighted by Gasteiger charge is -2.61. The van der Waals surface area contributed by atoms with Gasteiger partial charge in [0.1, 0.15) is 0 Å². The highest BCUT2D eigenvalue weighted by Gasteiger charge is 2.58. The number of rotatable bonds is 5. The Hall–Kier alpha value is -1.62. The van der Waals surface area contributed by atoms with Crippen LogP contribution in [0.2, 0.25) is 0 Å². The van der Waals surface area contributed by atoms with Crippen LogP contribution in [-0.4, -0.2) is 23.7 Å². The normalized spacial score (nSPS) is 26.6. The highest BCUT2D eigenvalue weighted by atomic mass is 16.6. The Labute approximate surface area is 118 Å². The molecule has 5 heteroatoms. The molecule has 20 heavy (non-hydrogen) atoms. The standard InChI is InChI=1S/C15H20N2O3/c1-2-20-14-10-13(15(14)7-4-8-15)16-11-5-3-6-12(9-11)17(18)19/h3,5-6,9,13-14,16H,2,4,7-8,10H2,1H3. The number of nitro benzene ring substituents is 1. The van der Waals surface area contributed by atoms with Crippen molar-refractivity contribution in [3.63, 3.8) is 0 Å². The van der Waals surface area contributed by atoms with E-state index in [1.165, 1.54) is 25.3 Å². The highest BCUT2D eigenvalue weighted by Crippen LogP contribution is 2.58. The van der Waals surface area contributed by atoms with Crippen LogP contribution >= 0.6 is 0 Å². The number of ether oxygens (including phenoxy) is 1. The van der Waals surface area contributed by atoms with Gasteiger partial charge in [0.05, 0.1) is 11.0 Å². The van der Waals surface area contributed by atoms with E-state index in [1.807, 2.05) is 13.0 Å². The Kier molecular flexibility index (Phi) is 3.38. The Balaban J connectivity index is 1.70. The van der Waals surface area contributed by atoms with Crippen LogP contribution in [0.1, 0.15) is 32.6 Å². The zero-order chi connectivity index (χ0) is 14.2. The summed E-state index contributed by atoms with van der Waals surface area (Å²) in [6.07, 6.45) is 5.01. The second kappa shape index (κ2) is 5.05. The second-order valence-corrected chi connectivity index (χ2v) is 5.77. The molecule has 2 aliphatic rings. The van der Waals surface area contributed by atoms with Crippen LogP contribution in [0, 0.1) is 15.5 Å². The maximum atomic E-state index is 10.8. The Bertz CT molecular complexity index is 514. The van der Waals surface area contributed by atoms with Gasteiger partial charge in [-0.05, 0) is 32.3 Å². The van der Waals surface area contributed by atoms with Crippen molar-refractivity contribution in [2.75, 3.05) is 11.9 Å². The second-order valence-electron chi connectivity index (χ2n) is 5.77. The number of nitro groups is 1. The molecule has 1 spiro atoms. The van der Waals surface area contributed by atoms with E-state index in [1.54, 1.807) is 12.1 Å². The van der Waals surface area contributed by atoms with Gasteiger partial charge in [-0.2, -0.15) is 0 Å². The fraction of sp³-hybridized carbons (Fsp3) is 0.600. The van der Waals surface area contributed by atoms with E-state index in [0.717, 1.165) is 18.7 Å². The predicted molar refractivity (Wildman–Crippen MR) is 76.8 cm³/mol. The molecule has 108 valence electrons. The van der Waals surface area contributed by atoms with Crippen LogP contribution < -0.4 is 5.32 Å². The van der Waals surface area contributed by atoms with Crippen molar-refractivity contribution in [2.45, 2.75) is 44.8 Å². The minimum Gasteiger partial charge on any atom is -0.381 e. The number of anilines is 1. The zero-order valence-corrected chi connectivity index (χ0v) is 11.7. The van der Waals surface area contributed by atoms with Crippen molar-refractivity contribution >= 4 is 11.4 Å². The maximum Gasteiger partial charge on any atom is 0.271 e. The number of hydrogen-bond donors (Lipinski definition) is 1. The highest BCUT2D eigenvalue weighted by molar-refractivity contribution is 5.52. The van der Waals surface area contributed by atoms with Gasteiger partial charge < -0.3 is 10.1 Å². The first-order valence-electron chi connectivity index (χ1n) is 7.28. The van der Waals surface area contributed by atoms with Crippen molar-refractivity contribution in [2.24, 2.45) is 5.41 Å². The molecule has 0 bridgehead atoms.